The number of methoxy groups -OCH3 is 1. The highest BCUT2D eigenvalue weighted by Crippen LogP contribution is 2.32. The lowest BCUT2D eigenvalue weighted by Crippen LogP contribution is -2.34. The molecule has 0 bridgehead atoms. The molecule has 4 heteroatoms. The third-order valence-corrected chi connectivity index (χ3v) is 3.19. The normalized spacial score (nSPS) is 24.7. The Bertz CT molecular complexity index is 250. The highest BCUT2D eigenvalue weighted by Gasteiger charge is 2.40. The van der Waals surface area contributed by atoms with E-state index in [1.54, 1.807) is 0 Å². The molecule has 0 aromatic rings. The van der Waals surface area contributed by atoms with Gasteiger partial charge >= 0.3 is 5.97 Å². The lowest BCUT2D eigenvalue weighted by atomic mass is 9.87. The van der Waals surface area contributed by atoms with Gasteiger partial charge in [-0.2, -0.15) is 0 Å². The molecule has 1 aliphatic heterocycles. The van der Waals surface area contributed by atoms with Crippen LogP contribution < -0.4 is 0 Å². The van der Waals surface area contributed by atoms with Crippen molar-refractivity contribution in [3.05, 3.63) is 0 Å². The molecule has 0 amide bonds. The number of hydrogen-bond acceptors (Lipinski definition) is 4. The van der Waals surface area contributed by atoms with Gasteiger partial charge in [0.1, 0.15) is 0 Å². The first-order valence-corrected chi connectivity index (χ1v) is 6.81. The topological polar surface area (TPSA) is 44.8 Å². The molecule has 1 rings (SSSR count). The van der Waals surface area contributed by atoms with Gasteiger partial charge in [-0.25, -0.2) is 0 Å². The predicted molar refractivity (Wildman–Crippen MR) is 71.2 cm³/mol. The number of hydrogen-bond donors (Lipinski definition) is 0. The monoisotopic (exact) mass is 260 g/mol. The zero-order valence-corrected chi connectivity index (χ0v) is 12.8. The van der Waals surface area contributed by atoms with Gasteiger partial charge in [-0.05, 0) is 20.3 Å². The largest absolute Gasteiger partial charge is 0.469 e. The van der Waals surface area contributed by atoms with Crippen molar-refractivity contribution >= 4 is 5.97 Å². The highest BCUT2D eigenvalue weighted by atomic mass is 16.7. The third-order valence-electron chi connectivity index (χ3n) is 3.19. The first-order chi connectivity index (χ1) is 8.41. The van der Waals surface area contributed by atoms with E-state index < -0.39 is 5.79 Å². The van der Waals surface area contributed by atoms with Gasteiger partial charge in [0.25, 0.3) is 0 Å². The molecule has 0 aromatic heterocycles. The molecule has 1 saturated heterocycles. The first-order valence-electron chi connectivity index (χ1n) is 6.81. The summed E-state index contributed by atoms with van der Waals surface area (Å²) < 4.78 is 16.1. The maximum atomic E-state index is 11.5. The van der Waals surface area contributed by atoms with E-state index in [1.165, 1.54) is 7.11 Å². The second-order valence-electron chi connectivity index (χ2n) is 4.75. The molecule has 0 N–H and O–H groups in total. The van der Waals surface area contributed by atoms with Gasteiger partial charge in [-0.1, -0.05) is 27.7 Å². The van der Waals surface area contributed by atoms with Gasteiger partial charge in [-0.15, -0.1) is 0 Å². The molecule has 0 aromatic carbocycles. The Balaban J connectivity index is 0.00000137. The number of carbonyl (C=O) groups excluding carboxylic acids is 1. The summed E-state index contributed by atoms with van der Waals surface area (Å²) in [5, 5.41) is 0. The van der Waals surface area contributed by atoms with E-state index >= 15 is 0 Å². The first kappa shape index (κ1) is 17.4. The van der Waals surface area contributed by atoms with Crippen LogP contribution in [-0.4, -0.2) is 31.6 Å². The van der Waals surface area contributed by atoms with Crippen molar-refractivity contribution in [2.75, 3.05) is 13.7 Å². The minimum Gasteiger partial charge on any atom is -0.469 e. The number of rotatable bonds is 4. The Morgan fingerprint density at radius 3 is 2.33 bits per heavy atom. The van der Waals surface area contributed by atoms with Crippen molar-refractivity contribution < 1.29 is 19.0 Å². The lowest BCUT2D eigenvalue weighted by molar-refractivity contribution is -0.158. The molecule has 0 radical (unpaired) electrons. The van der Waals surface area contributed by atoms with Crippen molar-refractivity contribution in [2.45, 2.75) is 59.9 Å². The lowest BCUT2D eigenvalue weighted by Gasteiger charge is -2.26. The molecule has 1 aliphatic rings. The van der Waals surface area contributed by atoms with Gasteiger partial charge in [0.2, 0.25) is 0 Å². The van der Waals surface area contributed by atoms with Crippen LogP contribution in [-0.2, 0) is 19.0 Å². The Kier molecular flexibility index (Phi) is 7.48. The van der Waals surface area contributed by atoms with E-state index in [-0.39, 0.29) is 23.9 Å². The van der Waals surface area contributed by atoms with Crippen LogP contribution in [0.25, 0.3) is 0 Å². The highest BCUT2D eigenvalue weighted by molar-refractivity contribution is 5.72. The summed E-state index contributed by atoms with van der Waals surface area (Å²) in [5.74, 6) is -0.722. The molecule has 3 unspecified atom stereocenters. The quantitative estimate of drug-likeness (QED) is 0.729. The minimum atomic E-state index is -0.534. The Morgan fingerprint density at radius 2 is 2.00 bits per heavy atom. The number of esters is 1. The number of carbonyl (C=O) groups is 1. The summed E-state index contributed by atoms with van der Waals surface area (Å²) in [7, 11) is 1.42. The molecular formula is C14H28O4. The Hall–Kier alpha value is -0.610. The second-order valence-corrected chi connectivity index (χ2v) is 4.75. The molecule has 1 fully saturated rings. The molecule has 3 atom stereocenters. The summed E-state index contributed by atoms with van der Waals surface area (Å²) in [5.41, 5.74) is 0. The fraction of sp³-hybridized carbons (Fsp3) is 0.929. The van der Waals surface area contributed by atoms with Crippen LogP contribution >= 0.6 is 0 Å². The predicted octanol–water partition coefficient (Wildman–Crippen LogP) is 3.00. The average Bonchev–Trinajstić information content (AvgIpc) is 2.71. The molecule has 0 aliphatic carbocycles. The van der Waals surface area contributed by atoms with Gasteiger partial charge < -0.3 is 14.2 Å². The SMILES string of the molecule is CC.CCC(C1COC(C)(C)O1)C(C)C(=O)OC. The van der Waals surface area contributed by atoms with Crippen molar-refractivity contribution in [3.8, 4) is 0 Å². The number of ether oxygens (including phenoxy) is 3. The van der Waals surface area contributed by atoms with Crippen molar-refractivity contribution in [3.63, 3.8) is 0 Å². The molecule has 0 spiro atoms. The van der Waals surface area contributed by atoms with E-state index in [0.717, 1.165) is 6.42 Å². The molecule has 4 nitrogen and oxygen atoms in total. The van der Waals surface area contributed by atoms with Crippen molar-refractivity contribution in [1.82, 2.24) is 0 Å². The fourth-order valence-corrected chi connectivity index (χ4v) is 2.23. The van der Waals surface area contributed by atoms with Gasteiger partial charge in [-0.3, -0.25) is 4.79 Å². The Morgan fingerprint density at radius 1 is 1.44 bits per heavy atom. The van der Waals surface area contributed by atoms with E-state index in [1.807, 2.05) is 34.6 Å². The summed E-state index contributed by atoms with van der Waals surface area (Å²) in [4.78, 5) is 11.5. The molecule has 18 heavy (non-hydrogen) atoms. The van der Waals surface area contributed by atoms with E-state index in [9.17, 15) is 4.79 Å². The van der Waals surface area contributed by atoms with Crippen LogP contribution in [0.4, 0.5) is 0 Å². The smallest absolute Gasteiger partial charge is 0.308 e. The summed E-state index contributed by atoms with van der Waals surface area (Å²) >= 11 is 0. The van der Waals surface area contributed by atoms with Crippen LogP contribution in [0.1, 0.15) is 48.0 Å². The molecule has 108 valence electrons. The molecule has 0 saturated carbocycles. The zero-order chi connectivity index (χ0) is 14.3. The summed E-state index contributed by atoms with van der Waals surface area (Å²) in [6, 6.07) is 0. The van der Waals surface area contributed by atoms with Crippen LogP contribution in [0.2, 0.25) is 0 Å². The van der Waals surface area contributed by atoms with Gasteiger partial charge in [0.15, 0.2) is 5.79 Å². The van der Waals surface area contributed by atoms with E-state index in [2.05, 4.69) is 6.92 Å². The Labute approximate surface area is 111 Å². The van der Waals surface area contributed by atoms with Crippen molar-refractivity contribution in [1.29, 1.82) is 0 Å². The van der Waals surface area contributed by atoms with E-state index in [4.69, 9.17) is 14.2 Å². The van der Waals surface area contributed by atoms with E-state index in [0.29, 0.717) is 6.61 Å². The van der Waals surface area contributed by atoms with Crippen molar-refractivity contribution in [2.24, 2.45) is 11.8 Å². The average molecular weight is 260 g/mol. The summed E-state index contributed by atoms with van der Waals surface area (Å²) in [6.07, 6.45) is 0.856. The van der Waals surface area contributed by atoms with Crippen LogP contribution in [0.5, 0.6) is 0 Å². The van der Waals surface area contributed by atoms with Crippen LogP contribution in [0, 0.1) is 11.8 Å². The van der Waals surface area contributed by atoms with Gasteiger partial charge in [0, 0.05) is 5.92 Å². The van der Waals surface area contributed by atoms with Gasteiger partial charge in [0.05, 0.1) is 25.7 Å². The third kappa shape index (κ3) is 4.58. The van der Waals surface area contributed by atoms with Crippen LogP contribution in [0.15, 0.2) is 0 Å². The zero-order valence-electron chi connectivity index (χ0n) is 12.8. The second kappa shape index (κ2) is 7.74. The van der Waals surface area contributed by atoms with Crippen LogP contribution in [0.3, 0.4) is 0 Å². The summed E-state index contributed by atoms with van der Waals surface area (Å²) in [6.45, 7) is 12.3. The standard InChI is InChI=1S/C12H22O4.C2H6/c1-6-9(8(2)11(13)14-5)10-7-15-12(3,4)16-10;1-2/h8-10H,6-7H2,1-5H3;1-2H3. The minimum absolute atomic E-state index is 0.0194. The maximum Gasteiger partial charge on any atom is 0.308 e. The fourth-order valence-electron chi connectivity index (χ4n) is 2.23. The molecule has 1 heterocycles. The maximum absolute atomic E-state index is 11.5. The molecular weight excluding hydrogens is 232 g/mol.